The summed E-state index contributed by atoms with van der Waals surface area (Å²) in [5.74, 6) is 0. The zero-order valence-electron chi connectivity index (χ0n) is 22.7. The van der Waals surface area contributed by atoms with Crippen molar-refractivity contribution in [3.63, 3.8) is 0 Å². The Balaban J connectivity index is 0. The van der Waals surface area contributed by atoms with Crippen molar-refractivity contribution in [2.45, 2.75) is 112 Å². The average molecular weight is 483 g/mol. The van der Waals surface area contributed by atoms with Crippen LogP contribution >= 0.6 is 14.5 Å². The minimum atomic E-state index is -1.04. The van der Waals surface area contributed by atoms with Gasteiger partial charge in [0.15, 0.2) is 0 Å². The van der Waals surface area contributed by atoms with Crippen LogP contribution in [0.25, 0.3) is 0 Å². The molecule has 0 aromatic carbocycles. The first-order valence-electron chi connectivity index (χ1n) is 14.2. The van der Waals surface area contributed by atoms with E-state index >= 15 is 0 Å². The predicted octanol–water partition coefficient (Wildman–Crippen LogP) is 7.87. The van der Waals surface area contributed by atoms with Crippen molar-refractivity contribution in [2.24, 2.45) is 0 Å². The number of unbranched alkanes of at least 4 members (excludes halogenated alkanes) is 3. The van der Waals surface area contributed by atoms with Crippen LogP contribution in [-0.4, -0.2) is 72.7 Å². The summed E-state index contributed by atoms with van der Waals surface area (Å²) in [4.78, 5) is 0. The monoisotopic (exact) mass is 482 g/mol. The average Bonchev–Trinajstić information content (AvgIpc) is 2.78. The molecule has 2 N–H and O–H groups in total. The summed E-state index contributed by atoms with van der Waals surface area (Å²) in [6.07, 6.45) is 26.2. The Kier molecular flexibility index (Phi) is 26.2. The molecule has 0 amide bonds. The molecule has 0 bridgehead atoms. The summed E-state index contributed by atoms with van der Waals surface area (Å²) in [5, 5.41) is 18.1. The van der Waals surface area contributed by atoms with Gasteiger partial charge >= 0.3 is 199 Å². The molecule has 0 aliphatic heterocycles. The van der Waals surface area contributed by atoms with Gasteiger partial charge < -0.3 is 0 Å². The van der Waals surface area contributed by atoms with Crippen LogP contribution in [0, 0.1) is 0 Å². The molecule has 0 atom stereocenters. The van der Waals surface area contributed by atoms with Gasteiger partial charge in [-0.2, -0.15) is 0 Å². The Morgan fingerprint density at radius 2 is 0.613 bits per heavy atom. The molecule has 0 unspecified atom stereocenters. The number of hydrogen-bond acceptors (Lipinski definition) is 2. The van der Waals surface area contributed by atoms with Crippen molar-refractivity contribution in [2.75, 3.05) is 62.5 Å². The van der Waals surface area contributed by atoms with Gasteiger partial charge in [0, 0.05) is 0 Å². The summed E-state index contributed by atoms with van der Waals surface area (Å²) < 4.78 is 0. The van der Waals surface area contributed by atoms with Gasteiger partial charge in [0.05, 0.1) is 0 Å². The van der Waals surface area contributed by atoms with Crippen LogP contribution in [0.3, 0.4) is 0 Å². The van der Waals surface area contributed by atoms with Crippen molar-refractivity contribution in [1.82, 2.24) is 0 Å². The fraction of sp³-hybridized carbons (Fsp3) is 1.00. The van der Waals surface area contributed by atoms with E-state index in [-0.39, 0.29) is 0 Å². The molecule has 2 nitrogen and oxygen atoms in total. The van der Waals surface area contributed by atoms with Crippen molar-refractivity contribution in [3.8, 4) is 0 Å². The van der Waals surface area contributed by atoms with Crippen LogP contribution in [0.15, 0.2) is 0 Å². The SMILES string of the molecule is CCCC[PH](CCCC)(CCCC)CCCO.CCC[PH](CCC)(CCC)CCCO. The van der Waals surface area contributed by atoms with E-state index in [1.807, 2.05) is 0 Å². The molecule has 0 aliphatic carbocycles. The Labute approximate surface area is 199 Å². The molecule has 0 aliphatic rings. The molecule has 4 heteroatoms. The molecule has 0 fully saturated rings. The van der Waals surface area contributed by atoms with Crippen molar-refractivity contribution < 1.29 is 10.2 Å². The van der Waals surface area contributed by atoms with E-state index in [4.69, 9.17) is 10.2 Å². The van der Waals surface area contributed by atoms with E-state index in [0.717, 1.165) is 12.8 Å². The molecular weight excluding hydrogens is 418 g/mol. The van der Waals surface area contributed by atoms with Crippen LogP contribution in [0.1, 0.15) is 112 Å². The molecule has 0 rings (SSSR count). The van der Waals surface area contributed by atoms with E-state index in [9.17, 15) is 0 Å². The first-order chi connectivity index (χ1) is 15.0. The van der Waals surface area contributed by atoms with Crippen LogP contribution in [-0.2, 0) is 0 Å². The van der Waals surface area contributed by atoms with Crippen LogP contribution in [0.4, 0.5) is 0 Å². The van der Waals surface area contributed by atoms with E-state index in [1.165, 1.54) is 107 Å². The molecule has 0 aromatic rings. The second-order valence-electron chi connectivity index (χ2n) is 10.2. The van der Waals surface area contributed by atoms with Gasteiger partial charge in [0.1, 0.15) is 0 Å². The minimum absolute atomic E-state index is 0.395. The van der Waals surface area contributed by atoms with Crippen LogP contribution in [0.2, 0.25) is 0 Å². The fourth-order valence-electron chi connectivity index (χ4n) is 5.65. The Morgan fingerprint density at radius 1 is 0.355 bits per heavy atom. The van der Waals surface area contributed by atoms with E-state index in [0.29, 0.717) is 13.2 Å². The predicted molar refractivity (Wildman–Crippen MR) is 155 cm³/mol. The van der Waals surface area contributed by atoms with E-state index < -0.39 is 14.5 Å². The maximum absolute atomic E-state index is 9.13. The zero-order valence-corrected chi connectivity index (χ0v) is 24.7. The first kappa shape index (κ1) is 34.0. The molecule has 0 spiro atoms. The van der Waals surface area contributed by atoms with Gasteiger partial charge in [0.25, 0.3) is 0 Å². The summed E-state index contributed by atoms with van der Waals surface area (Å²) in [5.41, 5.74) is 0. The fourth-order valence-corrected chi connectivity index (χ4v) is 17.0. The summed E-state index contributed by atoms with van der Waals surface area (Å²) in [6, 6.07) is 0. The van der Waals surface area contributed by atoms with Crippen LogP contribution in [0.5, 0.6) is 0 Å². The summed E-state index contributed by atoms with van der Waals surface area (Å²) in [7, 11) is -2.02. The second kappa shape index (κ2) is 23.9. The van der Waals surface area contributed by atoms with Crippen molar-refractivity contribution >= 4 is 14.5 Å². The molecular formula is C27H64O2P2. The third kappa shape index (κ3) is 17.9. The van der Waals surface area contributed by atoms with E-state index in [1.54, 1.807) is 0 Å². The van der Waals surface area contributed by atoms with Crippen LogP contribution < -0.4 is 0 Å². The number of hydrogen-bond donors (Lipinski definition) is 2. The van der Waals surface area contributed by atoms with Gasteiger partial charge in [0.2, 0.25) is 0 Å². The quantitative estimate of drug-likeness (QED) is 0.163. The third-order valence-corrected chi connectivity index (χ3v) is 19.0. The zero-order chi connectivity index (χ0) is 23.8. The number of aliphatic hydroxyl groups is 2. The maximum atomic E-state index is 9.13. The molecule has 194 valence electrons. The molecule has 0 saturated heterocycles. The summed E-state index contributed by atoms with van der Waals surface area (Å²) in [6.45, 7) is 14.7. The van der Waals surface area contributed by atoms with Gasteiger partial charge in [-0.15, -0.1) is 0 Å². The summed E-state index contributed by atoms with van der Waals surface area (Å²) >= 11 is 0. The van der Waals surface area contributed by atoms with Gasteiger partial charge in [-0.1, -0.05) is 0 Å². The Morgan fingerprint density at radius 3 is 0.839 bits per heavy atom. The standard InChI is InChI=1S/C15H35OP.C12H29OP/c1-4-7-12-17(13-8-5-2,14-9-6-3)15-10-11-16;1-4-9-14(10-5-2,11-6-3)12-7-8-13/h16-17H,4-15H2,1-3H3;13-14H,4-12H2,1-3H3. The van der Waals surface area contributed by atoms with Gasteiger partial charge in [-0.3, -0.25) is 0 Å². The second-order valence-corrected chi connectivity index (χ2v) is 20.2. The third-order valence-electron chi connectivity index (χ3n) is 7.25. The Bertz CT molecular complexity index is 296. The van der Waals surface area contributed by atoms with Crippen molar-refractivity contribution in [3.05, 3.63) is 0 Å². The Hall–Kier alpha value is 0.780. The van der Waals surface area contributed by atoms with E-state index in [2.05, 4.69) is 41.5 Å². The number of aliphatic hydroxyl groups excluding tert-OH is 2. The molecule has 0 aromatic heterocycles. The van der Waals surface area contributed by atoms with Gasteiger partial charge in [-0.05, 0) is 0 Å². The molecule has 0 radical (unpaired) electrons. The molecule has 0 saturated carbocycles. The molecule has 31 heavy (non-hydrogen) atoms. The number of rotatable bonds is 21. The topological polar surface area (TPSA) is 40.5 Å². The first-order valence-corrected chi connectivity index (χ1v) is 19.9. The van der Waals surface area contributed by atoms with Gasteiger partial charge in [-0.25, -0.2) is 0 Å². The normalized spacial score (nSPS) is 13.0. The van der Waals surface area contributed by atoms with Crippen molar-refractivity contribution in [1.29, 1.82) is 0 Å². The molecule has 0 heterocycles.